The van der Waals surface area contributed by atoms with Crippen LogP contribution < -0.4 is 10.1 Å². The number of aryl methyl sites for hydroxylation is 2. The average molecular weight is 473 g/mol. The summed E-state index contributed by atoms with van der Waals surface area (Å²) in [6.45, 7) is 4.51. The first-order chi connectivity index (χ1) is 16.6. The molecule has 0 fully saturated rings. The van der Waals surface area contributed by atoms with Gasteiger partial charge in [-0.05, 0) is 54.3 Å². The highest BCUT2D eigenvalue weighted by Gasteiger charge is 2.19. The summed E-state index contributed by atoms with van der Waals surface area (Å²) in [6, 6.07) is 23.7. The van der Waals surface area contributed by atoms with E-state index in [-0.39, 0.29) is 12.5 Å². The lowest BCUT2D eigenvalue weighted by Crippen LogP contribution is -2.25. The molecule has 34 heavy (non-hydrogen) atoms. The second kappa shape index (κ2) is 11.0. The zero-order chi connectivity index (χ0) is 23.9. The Labute approximate surface area is 204 Å². The van der Waals surface area contributed by atoms with E-state index >= 15 is 0 Å². The van der Waals surface area contributed by atoms with Crippen LogP contribution in [0.25, 0.3) is 5.69 Å². The summed E-state index contributed by atoms with van der Waals surface area (Å²) in [5, 5.41) is 12.8. The molecule has 0 atom stereocenters. The largest absolute Gasteiger partial charge is 0.497 e. The fourth-order valence-electron chi connectivity index (χ4n) is 3.78. The molecular formula is C27H28N4O2S. The van der Waals surface area contributed by atoms with Gasteiger partial charge < -0.3 is 10.1 Å². The summed E-state index contributed by atoms with van der Waals surface area (Å²) < 4.78 is 7.27. The molecule has 0 radical (unpaired) electrons. The van der Waals surface area contributed by atoms with E-state index in [1.807, 2.05) is 18.2 Å². The van der Waals surface area contributed by atoms with Crippen molar-refractivity contribution < 1.29 is 9.53 Å². The van der Waals surface area contributed by atoms with Crippen molar-refractivity contribution in [2.45, 2.75) is 37.7 Å². The van der Waals surface area contributed by atoms with Crippen LogP contribution in [0.2, 0.25) is 0 Å². The molecule has 0 spiro atoms. The number of hydrogen-bond donors (Lipinski definition) is 1. The maximum atomic E-state index is 12.8. The van der Waals surface area contributed by atoms with Gasteiger partial charge in [0.2, 0.25) is 0 Å². The van der Waals surface area contributed by atoms with E-state index in [1.165, 1.54) is 11.1 Å². The van der Waals surface area contributed by atoms with Crippen LogP contribution in [0, 0.1) is 6.92 Å². The molecule has 7 heteroatoms. The molecule has 4 aromatic rings. The number of nitrogens with zero attached hydrogens (tertiary/aromatic N) is 3. The molecule has 1 heterocycles. The first kappa shape index (κ1) is 23.6. The SMILES string of the molecule is CCc1cccc(C)c1-n1c(CNC(=O)c2ccc(OC)cc2)nnc1SCc1ccccc1. The Hall–Kier alpha value is -3.58. The second-order valence-electron chi connectivity index (χ2n) is 7.86. The predicted molar refractivity (Wildman–Crippen MR) is 136 cm³/mol. The highest BCUT2D eigenvalue weighted by Crippen LogP contribution is 2.29. The van der Waals surface area contributed by atoms with Gasteiger partial charge in [-0.25, -0.2) is 0 Å². The number of benzene rings is 3. The van der Waals surface area contributed by atoms with Crippen LogP contribution in [0.5, 0.6) is 5.75 Å². The molecule has 0 aliphatic rings. The van der Waals surface area contributed by atoms with E-state index in [0.717, 1.165) is 28.6 Å². The maximum Gasteiger partial charge on any atom is 0.251 e. The summed E-state index contributed by atoms with van der Waals surface area (Å²) in [7, 11) is 1.60. The van der Waals surface area contributed by atoms with Crippen molar-refractivity contribution in [3.8, 4) is 11.4 Å². The molecule has 0 saturated carbocycles. The number of nitrogens with one attached hydrogen (secondary N) is 1. The molecular weight excluding hydrogens is 444 g/mol. The summed E-state index contributed by atoms with van der Waals surface area (Å²) in [5.41, 5.74) is 5.22. The first-order valence-corrected chi connectivity index (χ1v) is 12.2. The molecule has 6 nitrogen and oxygen atoms in total. The number of thioether (sulfide) groups is 1. The molecule has 0 unspecified atom stereocenters. The molecule has 1 amide bonds. The third-order valence-corrected chi connectivity index (χ3v) is 6.60. The first-order valence-electron chi connectivity index (χ1n) is 11.2. The van der Waals surface area contributed by atoms with Gasteiger partial charge in [0.25, 0.3) is 5.91 Å². The van der Waals surface area contributed by atoms with Gasteiger partial charge in [-0.15, -0.1) is 10.2 Å². The Balaban J connectivity index is 1.62. The standard InChI is InChI=1S/C27H28N4O2S/c1-4-21-12-8-9-19(2)25(21)31-24(17-28-26(32)22-13-15-23(33-3)16-14-22)29-30-27(31)34-18-20-10-6-5-7-11-20/h5-16H,4,17-18H2,1-3H3,(H,28,32). The molecule has 0 aliphatic carbocycles. The van der Waals surface area contributed by atoms with Crippen LogP contribution in [-0.2, 0) is 18.7 Å². The van der Waals surface area contributed by atoms with Crippen molar-refractivity contribution in [3.63, 3.8) is 0 Å². The van der Waals surface area contributed by atoms with Crippen molar-refractivity contribution in [2.24, 2.45) is 0 Å². The minimum absolute atomic E-state index is 0.170. The Bertz CT molecular complexity index is 1250. The number of methoxy groups -OCH3 is 1. The third-order valence-electron chi connectivity index (χ3n) is 5.60. The van der Waals surface area contributed by atoms with Gasteiger partial charge in [-0.2, -0.15) is 0 Å². The van der Waals surface area contributed by atoms with Crippen molar-refractivity contribution in [3.05, 3.63) is 101 Å². The van der Waals surface area contributed by atoms with E-state index in [4.69, 9.17) is 4.74 Å². The Kier molecular flexibility index (Phi) is 7.65. The molecule has 0 aliphatic heterocycles. The smallest absolute Gasteiger partial charge is 0.251 e. The number of aromatic nitrogens is 3. The lowest BCUT2D eigenvalue weighted by molar-refractivity contribution is 0.0949. The third kappa shape index (κ3) is 5.31. The molecule has 0 saturated heterocycles. The van der Waals surface area contributed by atoms with Crippen LogP contribution in [0.4, 0.5) is 0 Å². The van der Waals surface area contributed by atoms with Crippen molar-refractivity contribution in [2.75, 3.05) is 7.11 Å². The number of para-hydroxylation sites is 1. The highest BCUT2D eigenvalue weighted by molar-refractivity contribution is 7.98. The summed E-state index contributed by atoms with van der Waals surface area (Å²) in [6.07, 6.45) is 0.885. The Morgan fingerprint density at radius 3 is 2.47 bits per heavy atom. The quantitative estimate of drug-likeness (QED) is 0.332. The second-order valence-corrected chi connectivity index (χ2v) is 8.80. The van der Waals surface area contributed by atoms with Gasteiger partial charge in [-0.3, -0.25) is 9.36 Å². The number of rotatable bonds is 9. The summed E-state index contributed by atoms with van der Waals surface area (Å²) >= 11 is 1.64. The molecule has 174 valence electrons. The van der Waals surface area contributed by atoms with E-state index in [2.05, 4.69) is 64.3 Å². The van der Waals surface area contributed by atoms with Crippen LogP contribution in [-0.4, -0.2) is 27.8 Å². The van der Waals surface area contributed by atoms with Crippen molar-refractivity contribution in [1.82, 2.24) is 20.1 Å². The fraction of sp³-hybridized carbons (Fsp3) is 0.222. The van der Waals surface area contributed by atoms with Crippen LogP contribution in [0.3, 0.4) is 0 Å². The molecule has 0 bridgehead atoms. The van der Waals surface area contributed by atoms with E-state index in [9.17, 15) is 4.79 Å². The topological polar surface area (TPSA) is 69.0 Å². The number of ether oxygens (including phenoxy) is 1. The molecule has 4 rings (SSSR count). The van der Waals surface area contributed by atoms with E-state index in [0.29, 0.717) is 17.1 Å². The lowest BCUT2D eigenvalue weighted by atomic mass is 10.1. The van der Waals surface area contributed by atoms with Gasteiger partial charge in [0, 0.05) is 11.3 Å². The summed E-state index contributed by atoms with van der Waals surface area (Å²) in [5.74, 6) is 2.02. The van der Waals surface area contributed by atoms with Gasteiger partial charge in [0.15, 0.2) is 11.0 Å². The van der Waals surface area contributed by atoms with Crippen LogP contribution in [0.1, 0.15) is 39.8 Å². The van der Waals surface area contributed by atoms with Crippen molar-refractivity contribution >= 4 is 17.7 Å². The maximum absolute atomic E-state index is 12.8. The van der Waals surface area contributed by atoms with Gasteiger partial charge in [-0.1, -0.05) is 67.2 Å². The predicted octanol–water partition coefficient (Wildman–Crippen LogP) is 5.37. The lowest BCUT2D eigenvalue weighted by Gasteiger charge is -2.17. The Morgan fingerprint density at radius 2 is 1.76 bits per heavy atom. The molecule has 1 N–H and O–H groups in total. The van der Waals surface area contributed by atoms with Crippen LogP contribution >= 0.6 is 11.8 Å². The van der Waals surface area contributed by atoms with Gasteiger partial charge >= 0.3 is 0 Å². The zero-order valence-corrected chi connectivity index (χ0v) is 20.4. The molecule has 1 aromatic heterocycles. The molecule has 3 aromatic carbocycles. The Morgan fingerprint density at radius 1 is 1.00 bits per heavy atom. The number of carbonyl (C=O) groups is 1. The minimum atomic E-state index is -0.170. The monoisotopic (exact) mass is 472 g/mol. The number of carbonyl (C=O) groups excluding carboxylic acids is 1. The highest BCUT2D eigenvalue weighted by atomic mass is 32.2. The van der Waals surface area contributed by atoms with Crippen molar-refractivity contribution in [1.29, 1.82) is 0 Å². The normalized spacial score (nSPS) is 10.8. The van der Waals surface area contributed by atoms with E-state index in [1.54, 1.807) is 43.1 Å². The van der Waals surface area contributed by atoms with Gasteiger partial charge in [0.05, 0.1) is 19.3 Å². The van der Waals surface area contributed by atoms with Gasteiger partial charge in [0.1, 0.15) is 5.75 Å². The average Bonchev–Trinajstić information content (AvgIpc) is 3.28. The van der Waals surface area contributed by atoms with E-state index < -0.39 is 0 Å². The van der Waals surface area contributed by atoms with Crippen LogP contribution in [0.15, 0.2) is 78.0 Å². The number of hydrogen-bond acceptors (Lipinski definition) is 5. The minimum Gasteiger partial charge on any atom is -0.497 e. The fourth-order valence-corrected chi connectivity index (χ4v) is 4.70. The zero-order valence-electron chi connectivity index (χ0n) is 19.6. The summed E-state index contributed by atoms with van der Waals surface area (Å²) in [4.78, 5) is 12.8. The number of amides is 1.